The summed E-state index contributed by atoms with van der Waals surface area (Å²) in [6, 6.07) is 0. The minimum absolute atomic E-state index is 0.351. The van der Waals surface area contributed by atoms with Gasteiger partial charge in [-0.15, -0.1) is 0 Å². The quantitative estimate of drug-likeness (QED) is 0.177. The van der Waals surface area contributed by atoms with Crippen LogP contribution in [-0.4, -0.2) is 23.8 Å². The largest absolute Gasteiger partial charge is 0.481 e. The first-order valence-corrected chi connectivity index (χ1v) is 16.5. The topological polar surface area (TPSA) is 46.5 Å². The van der Waals surface area contributed by atoms with Crippen molar-refractivity contribution in [2.24, 2.45) is 17.8 Å². The summed E-state index contributed by atoms with van der Waals surface area (Å²) in [5.74, 6) is 2.24. The zero-order valence-corrected chi connectivity index (χ0v) is 24.2. The molecule has 0 aromatic rings. The molecule has 36 heavy (non-hydrogen) atoms. The predicted molar refractivity (Wildman–Crippen MR) is 154 cm³/mol. The average molecular weight is 507 g/mol. The SMILES string of the molecule is C1CCCC(C2CCCCCO2)CC1.CCCCCCCC[C@H]1CCC[C@@H]1CCCCCCC(=O)O. The van der Waals surface area contributed by atoms with Crippen molar-refractivity contribution in [1.29, 1.82) is 0 Å². The van der Waals surface area contributed by atoms with Gasteiger partial charge in [-0.3, -0.25) is 4.79 Å². The number of carboxylic acids is 1. The molecule has 0 radical (unpaired) electrons. The van der Waals surface area contributed by atoms with Crippen LogP contribution in [0.15, 0.2) is 0 Å². The molecule has 0 amide bonds. The van der Waals surface area contributed by atoms with E-state index in [2.05, 4.69) is 6.92 Å². The Morgan fingerprint density at radius 3 is 1.83 bits per heavy atom. The van der Waals surface area contributed by atoms with Crippen molar-refractivity contribution in [3.05, 3.63) is 0 Å². The van der Waals surface area contributed by atoms with Gasteiger partial charge < -0.3 is 9.84 Å². The molecule has 0 aromatic heterocycles. The number of carboxylic acid groups (broad SMARTS) is 1. The Hall–Kier alpha value is -0.570. The summed E-state index contributed by atoms with van der Waals surface area (Å²) in [5.41, 5.74) is 0. The molecule has 2 saturated carbocycles. The summed E-state index contributed by atoms with van der Waals surface area (Å²) in [4.78, 5) is 10.5. The van der Waals surface area contributed by atoms with E-state index < -0.39 is 5.97 Å². The third kappa shape index (κ3) is 15.0. The average Bonchev–Trinajstić information content (AvgIpc) is 3.06. The van der Waals surface area contributed by atoms with Crippen LogP contribution in [0, 0.1) is 17.8 Å². The number of unbranched alkanes of at least 4 members (excludes halogenated alkanes) is 8. The highest BCUT2D eigenvalue weighted by Crippen LogP contribution is 2.38. The highest BCUT2D eigenvalue weighted by molar-refractivity contribution is 5.66. The smallest absolute Gasteiger partial charge is 0.303 e. The summed E-state index contributed by atoms with van der Waals surface area (Å²) >= 11 is 0. The van der Waals surface area contributed by atoms with Crippen molar-refractivity contribution in [1.82, 2.24) is 0 Å². The Labute approximate surface area is 224 Å². The summed E-state index contributed by atoms with van der Waals surface area (Å²) < 4.78 is 6.00. The van der Waals surface area contributed by atoms with Crippen molar-refractivity contribution in [3.63, 3.8) is 0 Å². The minimum atomic E-state index is -0.644. The normalized spacial score (nSPS) is 25.5. The summed E-state index contributed by atoms with van der Waals surface area (Å²) in [7, 11) is 0. The molecule has 2 aliphatic carbocycles. The van der Waals surface area contributed by atoms with Gasteiger partial charge in [0.1, 0.15) is 0 Å². The lowest BCUT2D eigenvalue weighted by atomic mass is 9.86. The molecule has 212 valence electrons. The lowest BCUT2D eigenvalue weighted by molar-refractivity contribution is -0.137. The predicted octanol–water partition coefficient (Wildman–Crippen LogP) is 10.5. The van der Waals surface area contributed by atoms with Gasteiger partial charge >= 0.3 is 5.97 Å². The molecular weight excluding hydrogens is 444 g/mol. The van der Waals surface area contributed by atoms with Gasteiger partial charge in [0.05, 0.1) is 6.10 Å². The van der Waals surface area contributed by atoms with E-state index in [9.17, 15) is 4.79 Å². The van der Waals surface area contributed by atoms with Crippen LogP contribution in [0.4, 0.5) is 0 Å². The first-order chi connectivity index (χ1) is 17.7. The third-order valence-corrected chi connectivity index (χ3v) is 9.35. The molecule has 1 heterocycles. The molecule has 3 fully saturated rings. The van der Waals surface area contributed by atoms with Crippen molar-refractivity contribution in [2.45, 2.75) is 180 Å². The van der Waals surface area contributed by atoms with Crippen LogP contribution in [0.2, 0.25) is 0 Å². The molecule has 3 atom stereocenters. The van der Waals surface area contributed by atoms with Gasteiger partial charge in [0.2, 0.25) is 0 Å². The summed E-state index contributed by atoms with van der Waals surface area (Å²) in [6.07, 6.45) is 35.4. The first-order valence-electron chi connectivity index (χ1n) is 16.5. The molecule has 1 aliphatic heterocycles. The van der Waals surface area contributed by atoms with Crippen LogP contribution in [0.5, 0.6) is 0 Å². The Bertz CT molecular complexity index is 485. The van der Waals surface area contributed by atoms with E-state index in [1.807, 2.05) is 0 Å². The van der Waals surface area contributed by atoms with Crippen LogP contribution in [0.1, 0.15) is 174 Å². The maximum Gasteiger partial charge on any atom is 0.303 e. The van der Waals surface area contributed by atoms with E-state index >= 15 is 0 Å². The van der Waals surface area contributed by atoms with E-state index in [1.165, 1.54) is 148 Å². The molecule has 0 spiro atoms. The molecule has 3 aliphatic rings. The third-order valence-electron chi connectivity index (χ3n) is 9.35. The van der Waals surface area contributed by atoms with Crippen LogP contribution in [-0.2, 0) is 9.53 Å². The van der Waals surface area contributed by atoms with Gasteiger partial charge in [-0.05, 0) is 49.9 Å². The number of hydrogen-bond acceptors (Lipinski definition) is 2. The fraction of sp³-hybridized carbons (Fsp3) is 0.970. The lowest BCUT2D eigenvalue weighted by Crippen LogP contribution is -2.23. The molecule has 3 heteroatoms. The maximum absolute atomic E-state index is 10.5. The van der Waals surface area contributed by atoms with Crippen molar-refractivity contribution < 1.29 is 14.6 Å². The summed E-state index contributed by atoms with van der Waals surface area (Å²) in [6.45, 7) is 3.31. The van der Waals surface area contributed by atoms with E-state index in [-0.39, 0.29) is 0 Å². The number of hydrogen-bond donors (Lipinski definition) is 1. The molecule has 3 nitrogen and oxygen atoms in total. The van der Waals surface area contributed by atoms with E-state index in [1.54, 1.807) is 0 Å². The van der Waals surface area contributed by atoms with Gasteiger partial charge in [0.25, 0.3) is 0 Å². The standard InChI is InChI=1S/C20H38O2.C13H24O/c1-2-3-4-5-6-9-13-18-15-12-16-19(18)14-10-7-8-11-17-20(21)22;1-2-5-9-12(8-4-1)13-10-6-3-7-11-14-13/h18-19H,2-17H2,1H3,(H,21,22);12-13H,1-11H2/t18-,19-;/m0./s1. The fourth-order valence-electron chi connectivity index (χ4n) is 7.09. The Morgan fingerprint density at radius 2 is 1.19 bits per heavy atom. The Kier molecular flexibility index (Phi) is 18.8. The Morgan fingerprint density at radius 1 is 0.639 bits per heavy atom. The van der Waals surface area contributed by atoms with Crippen LogP contribution < -0.4 is 0 Å². The van der Waals surface area contributed by atoms with E-state index in [4.69, 9.17) is 9.84 Å². The monoisotopic (exact) mass is 506 g/mol. The van der Waals surface area contributed by atoms with Crippen LogP contribution in [0.3, 0.4) is 0 Å². The van der Waals surface area contributed by atoms with Gasteiger partial charge in [-0.1, -0.05) is 135 Å². The number of ether oxygens (including phenoxy) is 1. The first kappa shape index (κ1) is 31.6. The lowest BCUT2D eigenvalue weighted by Gasteiger charge is -2.24. The van der Waals surface area contributed by atoms with Crippen molar-refractivity contribution in [2.75, 3.05) is 6.61 Å². The van der Waals surface area contributed by atoms with Crippen molar-refractivity contribution in [3.8, 4) is 0 Å². The second-order valence-electron chi connectivity index (χ2n) is 12.4. The van der Waals surface area contributed by atoms with Gasteiger partial charge in [-0.25, -0.2) is 0 Å². The van der Waals surface area contributed by atoms with E-state index in [0.29, 0.717) is 12.5 Å². The molecular formula is C33H62O3. The van der Waals surface area contributed by atoms with Gasteiger partial charge in [-0.2, -0.15) is 0 Å². The second kappa shape index (κ2) is 21.4. The zero-order chi connectivity index (χ0) is 25.7. The number of aliphatic carboxylic acids is 1. The number of carbonyl (C=O) groups is 1. The molecule has 1 saturated heterocycles. The van der Waals surface area contributed by atoms with Gasteiger partial charge in [0.15, 0.2) is 0 Å². The molecule has 1 N–H and O–H groups in total. The highest BCUT2D eigenvalue weighted by atomic mass is 16.5. The summed E-state index contributed by atoms with van der Waals surface area (Å²) in [5, 5.41) is 8.63. The van der Waals surface area contributed by atoms with Crippen LogP contribution in [0.25, 0.3) is 0 Å². The molecule has 0 aromatic carbocycles. The number of rotatable bonds is 15. The second-order valence-corrected chi connectivity index (χ2v) is 12.4. The maximum atomic E-state index is 10.5. The molecule has 0 bridgehead atoms. The molecule has 3 rings (SSSR count). The zero-order valence-electron chi connectivity index (χ0n) is 24.2. The highest BCUT2D eigenvalue weighted by Gasteiger charge is 2.26. The van der Waals surface area contributed by atoms with Gasteiger partial charge in [0, 0.05) is 13.0 Å². The van der Waals surface area contributed by atoms with Crippen LogP contribution >= 0.6 is 0 Å². The van der Waals surface area contributed by atoms with Crippen molar-refractivity contribution >= 4 is 5.97 Å². The Balaban J connectivity index is 0.000000278. The molecule has 1 unspecified atom stereocenters. The minimum Gasteiger partial charge on any atom is -0.481 e. The van der Waals surface area contributed by atoms with E-state index in [0.717, 1.165) is 37.2 Å². The fourth-order valence-corrected chi connectivity index (χ4v) is 7.09.